The number of carbonyl (C=O) groups excluding carboxylic acids is 1. The second-order valence-electron chi connectivity index (χ2n) is 6.49. The Hall–Kier alpha value is -1.15. The van der Waals surface area contributed by atoms with Gasteiger partial charge in [0.1, 0.15) is 11.0 Å². The number of carbonyl (C=O) groups is 1. The summed E-state index contributed by atoms with van der Waals surface area (Å²) in [5, 5.41) is 0.497. The van der Waals surface area contributed by atoms with Gasteiger partial charge >= 0.3 is 5.97 Å². The molecule has 0 aliphatic heterocycles. The van der Waals surface area contributed by atoms with Crippen LogP contribution in [0.25, 0.3) is 0 Å². The van der Waals surface area contributed by atoms with Crippen LogP contribution in [0, 0.1) is 0 Å². The smallest absolute Gasteiger partial charge is 0.339 e. The van der Waals surface area contributed by atoms with E-state index in [0.717, 1.165) is 4.47 Å². The van der Waals surface area contributed by atoms with Gasteiger partial charge in [-0.3, -0.25) is 0 Å². The molecule has 0 radical (unpaired) electrons. The SMILES string of the molecule is COC(=O)c1ccccc1Sc1c(Cl)cc(Br)cc1/C=N/S(=O)C(C)(C)C. The molecular formula is C19H19BrClNO3S2. The Balaban J connectivity index is 2.48. The van der Waals surface area contributed by atoms with Crippen molar-refractivity contribution < 1.29 is 13.7 Å². The third-order valence-corrected chi connectivity index (χ3v) is 6.80. The first-order valence-electron chi connectivity index (χ1n) is 7.93. The molecule has 0 spiro atoms. The molecular weight excluding hydrogens is 470 g/mol. The number of ether oxygens (including phenoxy) is 1. The summed E-state index contributed by atoms with van der Waals surface area (Å²) in [6, 6.07) is 10.7. The zero-order chi connectivity index (χ0) is 20.2. The summed E-state index contributed by atoms with van der Waals surface area (Å²) in [5.74, 6) is -0.421. The lowest BCUT2D eigenvalue weighted by molar-refractivity contribution is 0.0597. The maximum absolute atomic E-state index is 12.3. The maximum atomic E-state index is 12.3. The van der Waals surface area contributed by atoms with Crippen molar-refractivity contribution in [3.8, 4) is 0 Å². The lowest BCUT2D eigenvalue weighted by atomic mass is 10.2. The van der Waals surface area contributed by atoms with E-state index in [-0.39, 0.29) is 0 Å². The molecule has 0 bridgehead atoms. The van der Waals surface area contributed by atoms with Crippen molar-refractivity contribution >= 4 is 62.5 Å². The molecule has 0 fully saturated rings. The first-order valence-corrected chi connectivity index (χ1v) is 11.0. The lowest BCUT2D eigenvalue weighted by Crippen LogP contribution is -2.19. The van der Waals surface area contributed by atoms with Crippen LogP contribution in [0.3, 0.4) is 0 Å². The van der Waals surface area contributed by atoms with Crippen LogP contribution in [0.2, 0.25) is 5.02 Å². The monoisotopic (exact) mass is 487 g/mol. The van der Waals surface area contributed by atoms with Crippen molar-refractivity contribution in [3.05, 3.63) is 57.0 Å². The molecule has 2 aromatic rings. The standard InChI is InChI=1S/C19H19BrClNO3S2/c1-19(2,3)27(24)22-11-12-9-13(20)10-15(21)17(12)26-16-8-6-5-7-14(16)18(23)25-4/h5-11H,1-4H3/b22-11+. The van der Waals surface area contributed by atoms with Crippen molar-refractivity contribution in [2.75, 3.05) is 7.11 Å². The highest BCUT2D eigenvalue weighted by Crippen LogP contribution is 2.39. The van der Waals surface area contributed by atoms with Crippen molar-refractivity contribution in [2.45, 2.75) is 35.3 Å². The van der Waals surface area contributed by atoms with E-state index in [1.165, 1.54) is 18.9 Å². The molecule has 27 heavy (non-hydrogen) atoms. The van der Waals surface area contributed by atoms with E-state index in [1.54, 1.807) is 24.4 Å². The van der Waals surface area contributed by atoms with E-state index in [0.29, 0.717) is 25.9 Å². The number of halogens is 2. The van der Waals surface area contributed by atoms with E-state index < -0.39 is 21.7 Å². The van der Waals surface area contributed by atoms with Gasteiger partial charge in [0.15, 0.2) is 0 Å². The van der Waals surface area contributed by atoms with Crippen LogP contribution in [0.1, 0.15) is 36.7 Å². The predicted molar refractivity (Wildman–Crippen MR) is 117 cm³/mol. The Labute approximate surface area is 179 Å². The maximum Gasteiger partial charge on any atom is 0.339 e. The fraction of sp³-hybridized carbons (Fsp3) is 0.263. The summed E-state index contributed by atoms with van der Waals surface area (Å²) in [4.78, 5) is 13.5. The lowest BCUT2D eigenvalue weighted by Gasteiger charge is -2.14. The Morgan fingerprint density at radius 1 is 1.30 bits per heavy atom. The van der Waals surface area contributed by atoms with E-state index in [9.17, 15) is 9.00 Å². The second-order valence-corrected chi connectivity index (χ2v) is 10.8. The van der Waals surface area contributed by atoms with Gasteiger partial charge in [-0.15, -0.1) is 0 Å². The molecule has 144 valence electrons. The molecule has 0 N–H and O–H groups in total. The minimum absolute atomic E-state index is 0.421. The van der Waals surface area contributed by atoms with Gasteiger partial charge in [0.05, 0.1) is 22.4 Å². The normalized spacial score (nSPS) is 13.0. The quantitative estimate of drug-likeness (QED) is 0.387. The van der Waals surface area contributed by atoms with Gasteiger partial charge in [0.25, 0.3) is 0 Å². The molecule has 0 aliphatic carbocycles. The Morgan fingerprint density at radius 3 is 2.59 bits per heavy atom. The first-order chi connectivity index (χ1) is 12.6. The number of esters is 1. The third-order valence-electron chi connectivity index (χ3n) is 3.35. The number of rotatable bonds is 5. The van der Waals surface area contributed by atoms with Crippen molar-refractivity contribution in [1.29, 1.82) is 0 Å². The molecule has 1 atom stereocenters. The number of hydrogen-bond donors (Lipinski definition) is 0. The van der Waals surface area contributed by atoms with E-state index in [2.05, 4.69) is 20.3 Å². The minimum Gasteiger partial charge on any atom is -0.465 e. The fourth-order valence-electron chi connectivity index (χ4n) is 1.99. The highest BCUT2D eigenvalue weighted by Gasteiger charge is 2.19. The minimum atomic E-state index is -1.39. The van der Waals surface area contributed by atoms with Crippen LogP contribution in [0.4, 0.5) is 0 Å². The van der Waals surface area contributed by atoms with Crippen molar-refractivity contribution in [1.82, 2.24) is 0 Å². The highest BCUT2D eigenvalue weighted by atomic mass is 79.9. The number of benzene rings is 2. The summed E-state index contributed by atoms with van der Waals surface area (Å²) < 4.78 is 21.6. The van der Waals surface area contributed by atoms with E-state index >= 15 is 0 Å². The molecule has 1 unspecified atom stereocenters. The molecule has 0 saturated heterocycles. The van der Waals surface area contributed by atoms with Crippen molar-refractivity contribution in [2.24, 2.45) is 4.40 Å². The molecule has 4 nitrogen and oxygen atoms in total. The summed E-state index contributed by atoms with van der Waals surface area (Å²) in [7, 11) is -0.0477. The zero-order valence-corrected chi connectivity index (χ0v) is 19.3. The largest absolute Gasteiger partial charge is 0.465 e. The van der Waals surface area contributed by atoms with Gasteiger partial charge in [-0.05, 0) is 45.0 Å². The molecule has 0 saturated carbocycles. The first kappa shape index (κ1) is 22.1. The zero-order valence-electron chi connectivity index (χ0n) is 15.3. The van der Waals surface area contributed by atoms with Gasteiger partial charge in [0.2, 0.25) is 0 Å². The Bertz CT molecular complexity index is 910. The molecule has 8 heteroatoms. The highest BCUT2D eigenvalue weighted by molar-refractivity contribution is 9.10. The topological polar surface area (TPSA) is 55.7 Å². The van der Waals surface area contributed by atoms with Gasteiger partial charge in [0, 0.05) is 26.0 Å². The third kappa shape index (κ3) is 5.91. The van der Waals surface area contributed by atoms with E-state index in [1.807, 2.05) is 39.0 Å². The number of hydrogen-bond acceptors (Lipinski definition) is 4. The van der Waals surface area contributed by atoms with Crippen LogP contribution in [0.15, 0.2) is 55.1 Å². The van der Waals surface area contributed by atoms with Gasteiger partial charge < -0.3 is 4.74 Å². The average Bonchev–Trinajstić information content (AvgIpc) is 2.61. The molecule has 0 aromatic heterocycles. The van der Waals surface area contributed by atoms with Crippen molar-refractivity contribution in [3.63, 3.8) is 0 Å². The van der Waals surface area contributed by atoms with Crippen LogP contribution in [-0.4, -0.2) is 28.2 Å². The van der Waals surface area contributed by atoms with Crippen LogP contribution in [0.5, 0.6) is 0 Å². The molecule has 2 rings (SSSR count). The summed E-state index contributed by atoms with van der Waals surface area (Å²) in [6.07, 6.45) is 1.56. The Kier molecular flexibility index (Phi) is 7.68. The molecule has 0 amide bonds. The summed E-state index contributed by atoms with van der Waals surface area (Å²) in [5.41, 5.74) is 1.15. The Morgan fingerprint density at radius 2 is 1.96 bits per heavy atom. The fourth-order valence-corrected chi connectivity index (χ4v) is 4.48. The van der Waals surface area contributed by atoms with E-state index in [4.69, 9.17) is 16.3 Å². The second kappa shape index (κ2) is 9.37. The number of methoxy groups -OCH3 is 1. The predicted octanol–water partition coefficient (Wildman–Crippen LogP) is 5.92. The summed E-state index contributed by atoms with van der Waals surface area (Å²) in [6.45, 7) is 5.57. The van der Waals surface area contributed by atoms with Crippen LogP contribution >= 0.6 is 39.3 Å². The van der Waals surface area contributed by atoms with Gasteiger partial charge in [-0.2, -0.15) is 4.40 Å². The number of nitrogens with zero attached hydrogens (tertiary/aromatic N) is 1. The molecule has 2 aromatic carbocycles. The van der Waals surface area contributed by atoms with Crippen LogP contribution in [-0.2, 0) is 15.7 Å². The summed E-state index contributed by atoms with van der Waals surface area (Å²) >= 11 is 11.2. The van der Waals surface area contributed by atoms with Gasteiger partial charge in [-0.25, -0.2) is 9.00 Å². The van der Waals surface area contributed by atoms with Gasteiger partial charge in [-0.1, -0.05) is 51.4 Å². The average molecular weight is 489 g/mol. The molecule has 0 aliphatic rings. The van der Waals surface area contributed by atoms with Crippen LogP contribution < -0.4 is 0 Å². The molecule has 0 heterocycles.